The molecule has 2 amide bonds. The molecule has 1 aromatic carbocycles. The number of benzene rings is 1. The minimum Gasteiger partial charge on any atom is -0.342 e. The monoisotopic (exact) mass is 365 g/mol. The number of hydrogen-bond donors (Lipinski definition) is 1. The fourth-order valence-corrected chi connectivity index (χ4v) is 2.46. The Morgan fingerprint density at radius 3 is 2.38 bits per heavy atom. The summed E-state index contributed by atoms with van der Waals surface area (Å²) in [5.74, 6) is -4.54. The highest BCUT2D eigenvalue weighted by molar-refractivity contribution is 5.92. The van der Waals surface area contributed by atoms with Gasteiger partial charge < -0.3 is 15.1 Å². The summed E-state index contributed by atoms with van der Waals surface area (Å²) in [5, 5.41) is 2.47. The summed E-state index contributed by atoms with van der Waals surface area (Å²) in [6, 6.07) is 1.81. The van der Waals surface area contributed by atoms with E-state index in [9.17, 15) is 22.8 Å². The number of halogens is 3. The minimum absolute atomic E-state index is 0.0669. The predicted octanol–water partition coefficient (Wildman–Crippen LogP) is 1.55. The second-order valence-corrected chi connectivity index (χ2v) is 5.57. The lowest BCUT2D eigenvalue weighted by Gasteiger charge is -2.32. The van der Waals surface area contributed by atoms with Crippen LogP contribution in [0.3, 0.4) is 0 Å². The van der Waals surface area contributed by atoms with E-state index in [4.69, 9.17) is 0 Å². The van der Waals surface area contributed by atoms with Crippen molar-refractivity contribution in [2.45, 2.75) is 0 Å². The highest BCUT2D eigenvalue weighted by atomic mass is 19.2. The number of nitrogens with zero attached hydrogens (tertiary/aromatic N) is 4. The molecule has 0 atom stereocenters. The molecule has 0 spiro atoms. The maximum Gasteiger partial charge on any atom is 0.274 e. The van der Waals surface area contributed by atoms with Crippen molar-refractivity contribution in [3.05, 3.63) is 47.7 Å². The molecule has 10 heteroatoms. The number of carbonyl (C=O) groups excluding carboxylic acids is 2. The summed E-state index contributed by atoms with van der Waals surface area (Å²) in [6.45, 7) is 1.66. The summed E-state index contributed by atoms with van der Waals surface area (Å²) in [5.41, 5.74) is -0.219. The van der Waals surface area contributed by atoms with E-state index < -0.39 is 17.5 Å². The van der Waals surface area contributed by atoms with E-state index in [2.05, 4.69) is 15.3 Å². The molecule has 3 rings (SSSR count). The molecule has 26 heavy (non-hydrogen) atoms. The van der Waals surface area contributed by atoms with E-state index in [1.165, 1.54) is 12.4 Å². The van der Waals surface area contributed by atoms with Crippen LogP contribution in [-0.2, 0) is 4.79 Å². The van der Waals surface area contributed by atoms with Crippen LogP contribution in [0.25, 0.3) is 0 Å². The summed E-state index contributed by atoms with van der Waals surface area (Å²) in [7, 11) is 0. The number of anilines is 2. The van der Waals surface area contributed by atoms with E-state index in [0.29, 0.717) is 26.2 Å². The van der Waals surface area contributed by atoms with Gasteiger partial charge in [-0.3, -0.25) is 9.59 Å². The summed E-state index contributed by atoms with van der Waals surface area (Å²) >= 11 is 0. The first-order valence-electron chi connectivity index (χ1n) is 7.71. The van der Waals surface area contributed by atoms with Crippen molar-refractivity contribution in [3.63, 3.8) is 0 Å². The lowest BCUT2D eigenvalue weighted by molar-refractivity contribution is -0.119. The van der Waals surface area contributed by atoms with Crippen molar-refractivity contribution in [3.8, 4) is 0 Å². The molecule has 7 nitrogen and oxygen atoms in total. The van der Waals surface area contributed by atoms with Crippen molar-refractivity contribution in [1.82, 2.24) is 19.8 Å². The van der Waals surface area contributed by atoms with Gasteiger partial charge in [0.1, 0.15) is 11.5 Å². The number of aromatic nitrogens is 2. The van der Waals surface area contributed by atoms with Gasteiger partial charge in [-0.1, -0.05) is 0 Å². The topological polar surface area (TPSA) is 78.4 Å². The third-order valence-corrected chi connectivity index (χ3v) is 3.92. The number of carbonyl (C=O) groups is 2. The third kappa shape index (κ3) is 3.58. The molecule has 0 unspecified atom stereocenters. The first-order valence-corrected chi connectivity index (χ1v) is 7.71. The molecule has 0 radical (unpaired) electrons. The fourth-order valence-electron chi connectivity index (χ4n) is 2.46. The van der Waals surface area contributed by atoms with Gasteiger partial charge in [0.25, 0.3) is 5.91 Å². The maximum absolute atomic E-state index is 13.6. The van der Waals surface area contributed by atoms with Gasteiger partial charge in [-0.2, -0.15) is 0 Å². The first-order chi connectivity index (χ1) is 12.5. The summed E-state index contributed by atoms with van der Waals surface area (Å²) in [6.07, 6.45) is 3.13. The van der Waals surface area contributed by atoms with E-state index in [-0.39, 0.29) is 23.1 Å². The van der Waals surface area contributed by atoms with Gasteiger partial charge in [-0.15, -0.1) is 0 Å². The van der Waals surface area contributed by atoms with Gasteiger partial charge in [0, 0.05) is 26.2 Å². The number of nitrogens with one attached hydrogen (secondary N) is 1. The average Bonchev–Trinajstić information content (AvgIpc) is 2.68. The normalized spacial score (nSPS) is 14.3. The summed E-state index contributed by atoms with van der Waals surface area (Å²) < 4.78 is 39.8. The van der Waals surface area contributed by atoms with Crippen LogP contribution in [0.1, 0.15) is 10.5 Å². The van der Waals surface area contributed by atoms with Crippen LogP contribution >= 0.6 is 0 Å². The molecular weight excluding hydrogens is 351 g/mol. The first kappa shape index (κ1) is 17.6. The van der Waals surface area contributed by atoms with Gasteiger partial charge in [0.2, 0.25) is 6.41 Å². The van der Waals surface area contributed by atoms with Crippen molar-refractivity contribution in [2.24, 2.45) is 0 Å². The van der Waals surface area contributed by atoms with E-state index in [1.54, 1.807) is 9.80 Å². The average molecular weight is 365 g/mol. The van der Waals surface area contributed by atoms with Gasteiger partial charge in [0.15, 0.2) is 17.5 Å². The molecule has 0 bridgehead atoms. The van der Waals surface area contributed by atoms with Crippen molar-refractivity contribution in [1.29, 1.82) is 0 Å². The Morgan fingerprint density at radius 1 is 1.04 bits per heavy atom. The Morgan fingerprint density at radius 2 is 1.77 bits per heavy atom. The molecule has 136 valence electrons. The maximum atomic E-state index is 13.6. The van der Waals surface area contributed by atoms with Gasteiger partial charge in [-0.25, -0.2) is 23.1 Å². The van der Waals surface area contributed by atoms with Crippen molar-refractivity contribution < 1.29 is 22.8 Å². The second kappa shape index (κ2) is 7.38. The quantitative estimate of drug-likeness (QED) is 0.657. The van der Waals surface area contributed by atoms with Crippen LogP contribution in [0, 0.1) is 17.5 Å². The van der Waals surface area contributed by atoms with Crippen molar-refractivity contribution in [2.75, 3.05) is 31.5 Å². The van der Waals surface area contributed by atoms with Gasteiger partial charge >= 0.3 is 0 Å². The molecule has 0 saturated carbocycles. The highest BCUT2D eigenvalue weighted by Gasteiger charge is 2.22. The van der Waals surface area contributed by atoms with Crippen LogP contribution in [0.5, 0.6) is 0 Å². The van der Waals surface area contributed by atoms with Crippen molar-refractivity contribution >= 4 is 23.8 Å². The Bertz CT molecular complexity index is 823. The lowest BCUT2D eigenvalue weighted by atomic mass is 10.2. The smallest absolute Gasteiger partial charge is 0.274 e. The van der Waals surface area contributed by atoms with Gasteiger partial charge in [0.05, 0.1) is 18.1 Å². The highest BCUT2D eigenvalue weighted by Crippen LogP contribution is 2.22. The zero-order valence-corrected chi connectivity index (χ0v) is 13.5. The Labute approximate surface area is 146 Å². The zero-order chi connectivity index (χ0) is 18.7. The van der Waals surface area contributed by atoms with E-state index >= 15 is 0 Å². The molecule has 1 N–H and O–H groups in total. The molecule has 1 aromatic heterocycles. The minimum atomic E-state index is -1.59. The number of amides is 2. The number of piperazine rings is 1. The SMILES string of the molecule is O=CN1CCN(C(=O)c2cnc(Nc3ccc(F)c(F)c3F)cn2)CC1. The Balaban J connectivity index is 1.68. The molecule has 2 aromatic rings. The van der Waals surface area contributed by atoms with E-state index in [1.807, 2.05) is 0 Å². The molecule has 1 aliphatic rings. The third-order valence-electron chi connectivity index (χ3n) is 3.92. The molecule has 0 aliphatic carbocycles. The standard InChI is InChI=1S/C16H14F3N5O2/c17-10-1-2-11(15(19)14(10)18)22-13-8-20-12(7-21-13)16(26)24-5-3-23(9-25)4-6-24/h1-2,7-9H,3-6H2,(H,21,22). The molecular formula is C16H14F3N5O2. The number of hydrogen-bond acceptors (Lipinski definition) is 5. The fraction of sp³-hybridized carbons (Fsp3) is 0.250. The number of rotatable bonds is 4. The molecule has 2 heterocycles. The van der Waals surface area contributed by atoms with Crippen LogP contribution in [0.2, 0.25) is 0 Å². The zero-order valence-electron chi connectivity index (χ0n) is 13.5. The Hall–Kier alpha value is -3.17. The second-order valence-electron chi connectivity index (χ2n) is 5.57. The molecule has 1 aliphatic heterocycles. The Kier molecular flexibility index (Phi) is 5.01. The summed E-state index contributed by atoms with van der Waals surface area (Å²) in [4.78, 5) is 34.1. The van der Waals surface area contributed by atoms with Crippen LogP contribution < -0.4 is 5.32 Å². The van der Waals surface area contributed by atoms with E-state index in [0.717, 1.165) is 18.5 Å². The predicted molar refractivity (Wildman–Crippen MR) is 85.2 cm³/mol. The van der Waals surface area contributed by atoms with Crippen LogP contribution in [-0.4, -0.2) is 58.3 Å². The lowest BCUT2D eigenvalue weighted by Crippen LogP contribution is -2.48. The molecule has 1 saturated heterocycles. The van der Waals surface area contributed by atoms with Crippen LogP contribution in [0.4, 0.5) is 24.7 Å². The van der Waals surface area contributed by atoms with Crippen LogP contribution in [0.15, 0.2) is 24.5 Å². The molecule has 1 fully saturated rings. The largest absolute Gasteiger partial charge is 0.342 e. The van der Waals surface area contributed by atoms with Gasteiger partial charge in [-0.05, 0) is 12.1 Å².